The third kappa shape index (κ3) is 5.24. The first-order valence-electron chi connectivity index (χ1n) is 9.37. The minimum Gasteiger partial charge on any atom is -0.354 e. The van der Waals surface area contributed by atoms with Crippen molar-refractivity contribution < 1.29 is 9.59 Å². The van der Waals surface area contributed by atoms with Crippen LogP contribution >= 0.6 is 11.8 Å². The lowest BCUT2D eigenvalue weighted by atomic mass is 10.1. The van der Waals surface area contributed by atoms with Gasteiger partial charge in [-0.25, -0.2) is 0 Å². The molecule has 4 nitrogen and oxygen atoms in total. The van der Waals surface area contributed by atoms with Crippen LogP contribution in [-0.2, 0) is 4.79 Å². The Hall–Kier alpha value is -1.49. The average Bonchev–Trinajstić information content (AvgIpc) is 3.04. The number of nitrogens with one attached hydrogen (secondary N) is 1. The van der Waals surface area contributed by atoms with Crippen LogP contribution in [0.5, 0.6) is 0 Å². The van der Waals surface area contributed by atoms with E-state index < -0.39 is 0 Å². The Bertz CT molecular complexity index is 591. The maximum Gasteiger partial charge on any atom is 0.255 e. The van der Waals surface area contributed by atoms with Crippen molar-refractivity contribution in [2.45, 2.75) is 64.3 Å². The van der Waals surface area contributed by atoms with E-state index in [1.165, 1.54) is 12.8 Å². The van der Waals surface area contributed by atoms with Crippen molar-refractivity contribution in [3.05, 3.63) is 35.4 Å². The molecule has 1 saturated heterocycles. The Morgan fingerprint density at radius 1 is 1.24 bits per heavy atom. The van der Waals surface area contributed by atoms with Crippen LogP contribution in [0.3, 0.4) is 0 Å². The highest BCUT2D eigenvalue weighted by molar-refractivity contribution is 8.00. The number of unbranched alkanes of at least 4 members (excludes halogenated alkanes) is 3. The molecule has 2 unspecified atom stereocenters. The van der Waals surface area contributed by atoms with Crippen molar-refractivity contribution in [3.8, 4) is 0 Å². The zero-order valence-electron chi connectivity index (χ0n) is 15.6. The largest absolute Gasteiger partial charge is 0.354 e. The molecular formula is C20H30N2O2S. The Labute approximate surface area is 155 Å². The summed E-state index contributed by atoms with van der Waals surface area (Å²) in [4.78, 5) is 27.5. The van der Waals surface area contributed by atoms with Gasteiger partial charge in [-0.15, -0.1) is 11.8 Å². The third-order valence-electron chi connectivity index (χ3n) is 4.57. The van der Waals surface area contributed by atoms with Crippen molar-refractivity contribution in [1.82, 2.24) is 10.2 Å². The molecule has 0 radical (unpaired) electrons. The number of rotatable bonds is 8. The van der Waals surface area contributed by atoms with Crippen LogP contribution in [0.4, 0.5) is 0 Å². The SMILES string of the molecule is CCCCCCNC(=O)C1CSC(CC)N1C(=O)c1cccc(C)c1. The molecule has 1 aliphatic heterocycles. The molecule has 1 N–H and O–H groups in total. The first kappa shape index (κ1) is 19.8. The second-order valence-corrected chi connectivity index (χ2v) is 7.86. The molecule has 2 atom stereocenters. The lowest BCUT2D eigenvalue weighted by molar-refractivity contribution is -0.124. The smallest absolute Gasteiger partial charge is 0.255 e. The van der Waals surface area contributed by atoms with Gasteiger partial charge in [0.2, 0.25) is 5.91 Å². The Balaban J connectivity index is 2.04. The summed E-state index contributed by atoms with van der Waals surface area (Å²) in [6.45, 7) is 6.92. The van der Waals surface area contributed by atoms with Crippen LogP contribution in [0, 0.1) is 6.92 Å². The molecule has 0 aliphatic carbocycles. The monoisotopic (exact) mass is 362 g/mol. The van der Waals surface area contributed by atoms with Gasteiger partial charge in [-0.05, 0) is 31.9 Å². The number of carbonyl (C=O) groups is 2. The summed E-state index contributed by atoms with van der Waals surface area (Å²) in [5.41, 5.74) is 1.73. The molecule has 138 valence electrons. The fourth-order valence-corrected chi connectivity index (χ4v) is 4.52. The van der Waals surface area contributed by atoms with E-state index >= 15 is 0 Å². The fourth-order valence-electron chi connectivity index (χ4n) is 3.16. The van der Waals surface area contributed by atoms with Crippen LogP contribution < -0.4 is 5.32 Å². The molecule has 1 fully saturated rings. The predicted molar refractivity (Wildman–Crippen MR) is 105 cm³/mol. The van der Waals surface area contributed by atoms with Gasteiger partial charge in [0.25, 0.3) is 5.91 Å². The summed E-state index contributed by atoms with van der Waals surface area (Å²) >= 11 is 1.71. The second kappa shape index (κ2) is 9.85. The number of aryl methyl sites for hydroxylation is 1. The van der Waals surface area contributed by atoms with E-state index in [4.69, 9.17) is 0 Å². The topological polar surface area (TPSA) is 49.4 Å². The van der Waals surface area contributed by atoms with Gasteiger partial charge >= 0.3 is 0 Å². The van der Waals surface area contributed by atoms with E-state index in [0.717, 1.165) is 24.8 Å². The van der Waals surface area contributed by atoms with E-state index in [-0.39, 0.29) is 23.2 Å². The fraction of sp³-hybridized carbons (Fsp3) is 0.600. The maximum atomic E-state index is 13.0. The van der Waals surface area contributed by atoms with Gasteiger partial charge in [0.05, 0.1) is 5.37 Å². The third-order valence-corrected chi connectivity index (χ3v) is 6.03. The second-order valence-electron chi connectivity index (χ2n) is 6.65. The first-order valence-corrected chi connectivity index (χ1v) is 10.4. The molecule has 2 rings (SSSR count). The molecule has 1 aromatic carbocycles. The zero-order valence-corrected chi connectivity index (χ0v) is 16.4. The van der Waals surface area contributed by atoms with Crippen molar-refractivity contribution in [3.63, 3.8) is 0 Å². The number of thioether (sulfide) groups is 1. The quantitative estimate of drug-likeness (QED) is 0.712. The normalized spacial score (nSPS) is 19.9. The Kier molecular flexibility index (Phi) is 7.82. The highest BCUT2D eigenvalue weighted by atomic mass is 32.2. The van der Waals surface area contributed by atoms with E-state index in [9.17, 15) is 9.59 Å². The lowest BCUT2D eigenvalue weighted by Gasteiger charge is -2.28. The number of amides is 2. The van der Waals surface area contributed by atoms with Gasteiger partial charge in [-0.1, -0.05) is 50.8 Å². The molecule has 0 bridgehead atoms. The summed E-state index contributed by atoms with van der Waals surface area (Å²) in [6.07, 6.45) is 5.37. The minimum absolute atomic E-state index is 0.0130. The molecule has 0 saturated carbocycles. The van der Waals surface area contributed by atoms with Crippen molar-refractivity contribution >= 4 is 23.6 Å². The molecule has 1 aromatic rings. The number of benzene rings is 1. The molecule has 25 heavy (non-hydrogen) atoms. The van der Waals surface area contributed by atoms with Crippen LogP contribution in [-0.4, -0.2) is 40.4 Å². The van der Waals surface area contributed by atoms with Crippen molar-refractivity contribution in [2.75, 3.05) is 12.3 Å². The molecule has 0 spiro atoms. The highest BCUT2D eigenvalue weighted by Crippen LogP contribution is 2.32. The van der Waals surface area contributed by atoms with Gasteiger partial charge < -0.3 is 10.2 Å². The molecule has 5 heteroatoms. The van der Waals surface area contributed by atoms with Gasteiger partial charge in [0, 0.05) is 17.9 Å². The standard InChI is InChI=1S/C20H30N2O2S/c1-4-6-7-8-12-21-19(23)17-14-25-18(5-2)22(17)20(24)16-11-9-10-15(3)13-16/h9-11,13,17-18H,4-8,12,14H2,1-3H3,(H,21,23). The summed E-state index contributed by atoms with van der Waals surface area (Å²) in [6, 6.07) is 7.25. The number of hydrogen-bond donors (Lipinski definition) is 1. The number of carbonyl (C=O) groups excluding carboxylic acids is 2. The summed E-state index contributed by atoms with van der Waals surface area (Å²) < 4.78 is 0. The van der Waals surface area contributed by atoms with Crippen LogP contribution in [0.15, 0.2) is 24.3 Å². The van der Waals surface area contributed by atoms with Gasteiger partial charge in [0.1, 0.15) is 6.04 Å². The van der Waals surface area contributed by atoms with E-state index in [2.05, 4.69) is 19.2 Å². The van der Waals surface area contributed by atoms with Crippen LogP contribution in [0.25, 0.3) is 0 Å². The van der Waals surface area contributed by atoms with Crippen LogP contribution in [0.2, 0.25) is 0 Å². The molecule has 0 aromatic heterocycles. The lowest BCUT2D eigenvalue weighted by Crippen LogP contribution is -2.49. The van der Waals surface area contributed by atoms with Crippen molar-refractivity contribution in [2.24, 2.45) is 0 Å². The molecule has 2 amide bonds. The Morgan fingerprint density at radius 2 is 2.04 bits per heavy atom. The highest BCUT2D eigenvalue weighted by Gasteiger charge is 2.40. The maximum absolute atomic E-state index is 13.0. The molecule has 1 heterocycles. The van der Waals surface area contributed by atoms with E-state index in [1.54, 1.807) is 16.7 Å². The molecule has 1 aliphatic rings. The van der Waals surface area contributed by atoms with Crippen LogP contribution in [0.1, 0.15) is 61.9 Å². The van der Waals surface area contributed by atoms with Crippen molar-refractivity contribution in [1.29, 1.82) is 0 Å². The average molecular weight is 363 g/mol. The summed E-state index contributed by atoms with van der Waals surface area (Å²) in [7, 11) is 0. The summed E-state index contributed by atoms with van der Waals surface area (Å²) in [5, 5.41) is 3.10. The number of hydrogen-bond acceptors (Lipinski definition) is 3. The van der Waals surface area contributed by atoms with Gasteiger partial charge in [0.15, 0.2) is 0 Å². The zero-order chi connectivity index (χ0) is 18.2. The van der Waals surface area contributed by atoms with Gasteiger partial charge in [-0.2, -0.15) is 0 Å². The van der Waals surface area contributed by atoms with E-state index in [1.807, 2.05) is 31.2 Å². The Morgan fingerprint density at radius 3 is 2.72 bits per heavy atom. The minimum atomic E-state index is -0.367. The van der Waals surface area contributed by atoms with Gasteiger partial charge in [-0.3, -0.25) is 9.59 Å². The molecular weight excluding hydrogens is 332 g/mol. The summed E-state index contributed by atoms with van der Waals surface area (Å²) in [5.74, 6) is 0.629. The predicted octanol–water partition coefficient (Wildman–Crippen LogP) is 3.99. The first-order chi connectivity index (χ1) is 12.1. The van der Waals surface area contributed by atoms with E-state index in [0.29, 0.717) is 17.9 Å². The number of nitrogens with zero attached hydrogens (tertiary/aromatic N) is 1.